The topological polar surface area (TPSA) is 78.9 Å². The smallest absolute Gasteiger partial charge is 0.306 e. The van der Waals surface area contributed by atoms with Crippen molar-refractivity contribution in [2.45, 2.75) is 219 Å². The van der Waals surface area contributed by atoms with E-state index in [4.69, 9.17) is 14.2 Å². The van der Waals surface area contributed by atoms with Crippen LogP contribution in [0.4, 0.5) is 0 Å². The molecular formula is C61H96O6. The molecule has 0 radical (unpaired) electrons. The molecule has 6 nitrogen and oxygen atoms in total. The Hall–Kier alpha value is -4.45. The van der Waals surface area contributed by atoms with Crippen LogP contribution in [0.5, 0.6) is 0 Å². The fraction of sp³-hybridized carbons (Fsp3) is 0.590. The Morgan fingerprint density at radius 3 is 0.985 bits per heavy atom. The molecule has 6 heteroatoms. The number of ether oxygens (including phenoxy) is 3. The van der Waals surface area contributed by atoms with E-state index in [-0.39, 0.29) is 44.0 Å². The van der Waals surface area contributed by atoms with Gasteiger partial charge in [0.2, 0.25) is 0 Å². The Morgan fingerprint density at radius 2 is 0.597 bits per heavy atom. The number of hydrogen-bond acceptors (Lipinski definition) is 6. The van der Waals surface area contributed by atoms with E-state index in [1.54, 1.807) is 0 Å². The third-order valence-electron chi connectivity index (χ3n) is 10.6. The zero-order chi connectivity index (χ0) is 48.6. The second-order valence-electron chi connectivity index (χ2n) is 17.0. The molecule has 0 saturated heterocycles. The summed E-state index contributed by atoms with van der Waals surface area (Å²) in [7, 11) is 0. The summed E-state index contributed by atoms with van der Waals surface area (Å²) in [4.78, 5) is 38.0. The highest BCUT2D eigenvalue weighted by Crippen LogP contribution is 2.12. The summed E-state index contributed by atoms with van der Waals surface area (Å²) in [5.41, 5.74) is 0. The van der Waals surface area contributed by atoms with Crippen LogP contribution in [0.1, 0.15) is 213 Å². The lowest BCUT2D eigenvalue weighted by Crippen LogP contribution is -2.30. The van der Waals surface area contributed by atoms with Crippen molar-refractivity contribution in [1.82, 2.24) is 0 Å². The summed E-state index contributed by atoms with van der Waals surface area (Å²) in [6, 6.07) is 0. The molecule has 376 valence electrons. The molecule has 0 fully saturated rings. The van der Waals surface area contributed by atoms with Crippen LogP contribution < -0.4 is 0 Å². The maximum absolute atomic E-state index is 12.8. The third-order valence-corrected chi connectivity index (χ3v) is 10.6. The van der Waals surface area contributed by atoms with Gasteiger partial charge in [-0.25, -0.2) is 0 Å². The van der Waals surface area contributed by atoms with E-state index in [0.29, 0.717) is 19.3 Å². The van der Waals surface area contributed by atoms with Crippen molar-refractivity contribution in [3.05, 3.63) is 134 Å². The Morgan fingerprint density at radius 1 is 0.313 bits per heavy atom. The fourth-order valence-corrected chi connectivity index (χ4v) is 6.68. The fourth-order valence-electron chi connectivity index (χ4n) is 6.68. The molecule has 0 amide bonds. The minimum absolute atomic E-state index is 0.127. The van der Waals surface area contributed by atoms with Crippen molar-refractivity contribution in [3.8, 4) is 0 Å². The first-order chi connectivity index (χ1) is 33.0. The lowest BCUT2D eigenvalue weighted by Gasteiger charge is -2.18. The quantitative estimate of drug-likeness (QED) is 0.0262. The first kappa shape index (κ1) is 62.5. The van der Waals surface area contributed by atoms with Gasteiger partial charge in [-0.2, -0.15) is 0 Å². The van der Waals surface area contributed by atoms with Gasteiger partial charge in [0.15, 0.2) is 6.10 Å². The molecule has 0 aliphatic rings. The number of esters is 3. The summed E-state index contributed by atoms with van der Waals surface area (Å²) in [6.07, 6.45) is 75.9. The number of rotatable bonds is 46. The monoisotopic (exact) mass is 925 g/mol. The number of unbranched alkanes of at least 4 members (excludes halogenated alkanes) is 13. The third kappa shape index (κ3) is 52.4. The summed E-state index contributed by atoms with van der Waals surface area (Å²) in [5.74, 6) is -1.06. The van der Waals surface area contributed by atoms with E-state index >= 15 is 0 Å². The van der Waals surface area contributed by atoms with Crippen molar-refractivity contribution in [2.24, 2.45) is 0 Å². The molecule has 0 saturated carbocycles. The number of carbonyl (C=O) groups excluding carboxylic acids is 3. The van der Waals surface area contributed by atoms with Gasteiger partial charge in [-0.15, -0.1) is 0 Å². The molecule has 0 aromatic heterocycles. The van der Waals surface area contributed by atoms with Crippen molar-refractivity contribution in [1.29, 1.82) is 0 Å². The van der Waals surface area contributed by atoms with Gasteiger partial charge < -0.3 is 14.2 Å². The van der Waals surface area contributed by atoms with Crippen LogP contribution in [0.3, 0.4) is 0 Å². The molecule has 67 heavy (non-hydrogen) atoms. The standard InChI is InChI=1S/C61H96O6/c1-4-7-10-13-16-19-22-25-28-30-33-36-39-42-45-48-51-54-60(63)66-57-58(56-65-59(62)53-50-47-44-41-38-35-32-27-24-21-18-15-12-9-6-3)67-61(64)55-52-49-46-43-40-37-34-31-29-26-23-20-17-14-11-8-5-2/h7-8,10-11,16-17,19-20,25-29,32-34,36-37,42-43,45-46,58H,4-6,9,12-15,18,21-24,30-31,35,38-41,44,47-57H2,1-3H3/b10-7-,11-8-,19-16-,20-17-,28-25-,29-26-,32-27-,36-33-,37-34-,45-42-,46-43-/t58-/m1/s1. The summed E-state index contributed by atoms with van der Waals surface area (Å²) in [5, 5.41) is 0. The molecule has 0 N–H and O–H groups in total. The predicted octanol–water partition coefficient (Wildman–Crippen LogP) is 17.9. The van der Waals surface area contributed by atoms with Gasteiger partial charge in [0, 0.05) is 19.3 Å². The second kappa shape index (κ2) is 54.2. The van der Waals surface area contributed by atoms with Gasteiger partial charge in [0.1, 0.15) is 13.2 Å². The lowest BCUT2D eigenvalue weighted by atomic mass is 10.1. The molecule has 0 rings (SSSR count). The highest BCUT2D eigenvalue weighted by atomic mass is 16.6. The van der Waals surface area contributed by atoms with Crippen LogP contribution in [0.2, 0.25) is 0 Å². The first-order valence-electron chi connectivity index (χ1n) is 26.7. The predicted molar refractivity (Wildman–Crippen MR) is 288 cm³/mol. The van der Waals surface area contributed by atoms with Crippen molar-refractivity contribution < 1.29 is 28.6 Å². The van der Waals surface area contributed by atoms with E-state index in [0.717, 1.165) is 109 Å². The van der Waals surface area contributed by atoms with Gasteiger partial charge in [-0.05, 0) is 122 Å². The molecule has 0 bridgehead atoms. The maximum atomic E-state index is 12.8. The lowest BCUT2D eigenvalue weighted by molar-refractivity contribution is -0.167. The zero-order valence-corrected chi connectivity index (χ0v) is 42.9. The minimum Gasteiger partial charge on any atom is -0.462 e. The van der Waals surface area contributed by atoms with E-state index in [1.165, 1.54) is 51.4 Å². The van der Waals surface area contributed by atoms with Crippen molar-refractivity contribution in [2.75, 3.05) is 13.2 Å². The SMILES string of the molecule is CC/C=C\C/C=C\C/C=C\C/C=C\C/C=C\CCCC(=O)OC[C@@H](COC(=O)CCCCCCC/C=C\CCCCCCCC)OC(=O)CCC/C=C\C/C=C\C/C=C\C/C=C\C/C=C\CC. The normalized spacial score (nSPS) is 13.2. The molecule has 0 unspecified atom stereocenters. The maximum Gasteiger partial charge on any atom is 0.306 e. The largest absolute Gasteiger partial charge is 0.462 e. The summed E-state index contributed by atoms with van der Waals surface area (Å²) >= 11 is 0. The van der Waals surface area contributed by atoms with Crippen molar-refractivity contribution in [3.63, 3.8) is 0 Å². The molecule has 1 atom stereocenters. The summed E-state index contributed by atoms with van der Waals surface area (Å²) in [6.45, 7) is 6.28. The van der Waals surface area contributed by atoms with E-state index in [2.05, 4.69) is 154 Å². The summed E-state index contributed by atoms with van der Waals surface area (Å²) < 4.78 is 16.7. The van der Waals surface area contributed by atoms with E-state index < -0.39 is 6.10 Å². The first-order valence-corrected chi connectivity index (χ1v) is 26.7. The molecule has 0 spiro atoms. The van der Waals surface area contributed by atoms with Gasteiger partial charge in [0.05, 0.1) is 0 Å². The zero-order valence-electron chi connectivity index (χ0n) is 42.9. The van der Waals surface area contributed by atoms with Gasteiger partial charge in [-0.3, -0.25) is 14.4 Å². The number of allylic oxidation sites excluding steroid dienone is 22. The van der Waals surface area contributed by atoms with E-state index in [1.807, 2.05) is 0 Å². The molecule has 0 aromatic rings. The Kier molecular flexibility index (Phi) is 50.6. The molecule has 0 aliphatic heterocycles. The molecule has 0 aromatic carbocycles. The Balaban J connectivity index is 4.61. The second-order valence-corrected chi connectivity index (χ2v) is 17.0. The average molecular weight is 925 g/mol. The Labute approximate surface area is 411 Å². The van der Waals surface area contributed by atoms with Gasteiger partial charge in [0.25, 0.3) is 0 Å². The number of carbonyl (C=O) groups is 3. The highest BCUT2D eigenvalue weighted by Gasteiger charge is 2.19. The van der Waals surface area contributed by atoms with Crippen LogP contribution in [-0.2, 0) is 28.6 Å². The Bertz CT molecular complexity index is 1480. The van der Waals surface area contributed by atoms with Crippen LogP contribution in [0.15, 0.2) is 134 Å². The number of hydrogen-bond donors (Lipinski definition) is 0. The van der Waals surface area contributed by atoms with Gasteiger partial charge in [-0.1, -0.05) is 206 Å². The van der Waals surface area contributed by atoms with Crippen LogP contribution in [0, 0.1) is 0 Å². The average Bonchev–Trinajstić information content (AvgIpc) is 3.33. The molecular weight excluding hydrogens is 829 g/mol. The van der Waals surface area contributed by atoms with E-state index in [9.17, 15) is 14.4 Å². The minimum atomic E-state index is -0.839. The van der Waals surface area contributed by atoms with Crippen LogP contribution in [-0.4, -0.2) is 37.2 Å². The van der Waals surface area contributed by atoms with Gasteiger partial charge >= 0.3 is 17.9 Å². The highest BCUT2D eigenvalue weighted by molar-refractivity contribution is 5.71. The molecule has 0 heterocycles. The van der Waals surface area contributed by atoms with Crippen molar-refractivity contribution >= 4 is 17.9 Å². The van der Waals surface area contributed by atoms with Crippen LogP contribution in [0.25, 0.3) is 0 Å². The van der Waals surface area contributed by atoms with Crippen LogP contribution >= 0.6 is 0 Å². The molecule has 0 aliphatic carbocycles.